The molecule has 16 heavy (non-hydrogen) atoms. The first-order chi connectivity index (χ1) is 7.83. The predicted octanol–water partition coefficient (Wildman–Crippen LogP) is 0.567. The van der Waals surface area contributed by atoms with Crippen LogP contribution in [0.3, 0.4) is 0 Å². The highest BCUT2D eigenvalue weighted by atomic mass is 16.5. The Kier molecular flexibility index (Phi) is 2.53. The van der Waals surface area contributed by atoms with Crippen LogP contribution in [0.4, 0.5) is 5.69 Å². The molecule has 1 N–H and O–H groups in total. The van der Waals surface area contributed by atoms with E-state index in [2.05, 4.69) is 28.2 Å². The van der Waals surface area contributed by atoms with Gasteiger partial charge in [-0.1, -0.05) is 0 Å². The average Bonchev–Trinajstić information content (AvgIpc) is 2.72. The molecule has 0 aromatic carbocycles. The van der Waals surface area contributed by atoms with Crippen molar-refractivity contribution >= 4 is 5.69 Å². The lowest BCUT2D eigenvalue weighted by Gasteiger charge is -2.25. The molecule has 0 spiro atoms. The number of hydrogen-bond donors (Lipinski definition) is 1. The summed E-state index contributed by atoms with van der Waals surface area (Å²) in [4.78, 5) is 6.60. The number of morpholine rings is 1. The van der Waals surface area contributed by atoms with E-state index in [9.17, 15) is 0 Å². The van der Waals surface area contributed by atoms with Gasteiger partial charge in [0.05, 0.1) is 30.6 Å². The van der Waals surface area contributed by atoms with Crippen molar-refractivity contribution in [3.05, 3.63) is 24.0 Å². The first kappa shape index (κ1) is 10.1. The maximum Gasteiger partial charge on any atom is 0.0920 e. The quantitative estimate of drug-likeness (QED) is 0.749. The molecule has 0 aliphatic carbocycles. The summed E-state index contributed by atoms with van der Waals surface area (Å²) in [7, 11) is 0. The SMILES string of the molecule is Cc1cncc(N2CC3NCCOC3C2)c1. The molecule has 1 aromatic heterocycles. The molecule has 4 heteroatoms. The van der Waals surface area contributed by atoms with E-state index in [1.165, 1.54) is 11.3 Å². The zero-order valence-corrected chi connectivity index (χ0v) is 9.52. The minimum Gasteiger partial charge on any atom is -0.373 e. The van der Waals surface area contributed by atoms with E-state index in [1.54, 1.807) is 0 Å². The fraction of sp³-hybridized carbons (Fsp3) is 0.583. The predicted molar refractivity (Wildman–Crippen MR) is 62.7 cm³/mol. The Hall–Kier alpha value is -1.13. The molecule has 0 radical (unpaired) electrons. The summed E-state index contributed by atoms with van der Waals surface area (Å²) in [6.45, 7) is 5.88. The Bertz CT molecular complexity index is 368. The number of nitrogens with zero attached hydrogens (tertiary/aromatic N) is 2. The third kappa shape index (κ3) is 1.79. The van der Waals surface area contributed by atoms with Gasteiger partial charge < -0.3 is 15.0 Å². The monoisotopic (exact) mass is 219 g/mol. The molecule has 2 unspecified atom stereocenters. The lowest BCUT2D eigenvalue weighted by atomic mass is 10.2. The average molecular weight is 219 g/mol. The van der Waals surface area contributed by atoms with Crippen LogP contribution in [0.25, 0.3) is 0 Å². The van der Waals surface area contributed by atoms with Crippen molar-refractivity contribution in [2.75, 3.05) is 31.1 Å². The van der Waals surface area contributed by atoms with Gasteiger partial charge in [0.15, 0.2) is 0 Å². The van der Waals surface area contributed by atoms with Crippen LogP contribution in [0, 0.1) is 6.92 Å². The van der Waals surface area contributed by atoms with Gasteiger partial charge in [-0.2, -0.15) is 0 Å². The lowest BCUT2D eigenvalue weighted by Crippen LogP contribution is -2.47. The summed E-state index contributed by atoms with van der Waals surface area (Å²) in [6, 6.07) is 2.67. The standard InChI is InChI=1S/C12H17N3O/c1-9-4-10(6-13-5-9)15-7-11-12(8-15)16-3-2-14-11/h4-6,11-12,14H,2-3,7-8H2,1H3. The van der Waals surface area contributed by atoms with E-state index >= 15 is 0 Å². The van der Waals surface area contributed by atoms with Gasteiger partial charge in [0.1, 0.15) is 0 Å². The van der Waals surface area contributed by atoms with Gasteiger partial charge in [0, 0.05) is 25.8 Å². The molecule has 0 saturated carbocycles. The lowest BCUT2D eigenvalue weighted by molar-refractivity contribution is 0.0212. The van der Waals surface area contributed by atoms with Crippen molar-refractivity contribution < 1.29 is 4.74 Å². The zero-order valence-electron chi connectivity index (χ0n) is 9.52. The minimum atomic E-state index is 0.342. The molecule has 0 amide bonds. The summed E-state index contributed by atoms with van der Waals surface area (Å²) in [6.07, 6.45) is 4.17. The fourth-order valence-electron chi connectivity index (χ4n) is 2.52. The van der Waals surface area contributed by atoms with Crippen molar-refractivity contribution in [2.24, 2.45) is 0 Å². The number of rotatable bonds is 1. The van der Waals surface area contributed by atoms with E-state index in [0.29, 0.717) is 12.1 Å². The third-order valence-electron chi connectivity index (χ3n) is 3.33. The molecular weight excluding hydrogens is 202 g/mol. The zero-order chi connectivity index (χ0) is 11.0. The molecule has 86 valence electrons. The van der Waals surface area contributed by atoms with Crippen molar-refractivity contribution in [2.45, 2.75) is 19.1 Å². The van der Waals surface area contributed by atoms with Gasteiger partial charge in [0.25, 0.3) is 0 Å². The summed E-state index contributed by atoms with van der Waals surface area (Å²) in [5.41, 5.74) is 2.42. The fourth-order valence-corrected chi connectivity index (χ4v) is 2.52. The highest BCUT2D eigenvalue weighted by Gasteiger charge is 2.35. The topological polar surface area (TPSA) is 37.4 Å². The normalized spacial score (nSPS) is 29.2. The maximum absolute atomic E-state index is 5.76. The van der Waals surface area contributed by atoms with Crippen LogP contribution in [0.15, 0.2) is 18.5 Å². The highest BCUT2D eigenvalue weighted by molar-refractivity contribution is 5.47. The highest BCUT2D eigenvalue weighted by Crippen LogP contribution is 2.23. The molecule has 2 fully saturated rings. The Morgan fingerprint density at radius 2 is 2.38 bits per heavy atom. The number of hydrogen-bond acceptors (Lipinski definition) is 4. The Morgan fingerprint density at radius 3 is 3.19 bits per heavy atom. The van der Waals surface area contributed by atoms with Gasteiger partial charge in [-0.3, -0.25) is 4.98 Å². The van der Waals surface area contributed by atoms with E-state index in [-0.39, 0.29) is 0 Å². The number of nitrogens with one attached hydrogen (secondary N) is 1. The number of fused-ring (bicyclic) bond motifs is 1. The van der Waals surface area contributed by atoms with Crippen LogP contribution in [0.1, 0.15) is 5.56 Å². The van der Waals surface area contributed by atoms with Crippen LogP contribution in [0.5, 0.6) is 0 Å². The number of anilines is 1. The van der Waals surface area contributed by atoms with E-state index in [0.717, 1.165) is 26.2 Å². The van der Waals surface area contributed by atoms with Crippen molar-refractivity contribution in [1.29, 1.82) is 0 Å². The smallest absolute Gasteiger partial charge is 0.0920 e. The van der Waals surface area contributed by atoms with E-state index in [1.807, 2.05) is 12.4 Å². The van der Waals surface area contributed by atoms with Crippen molar-refractivity contribution in [1.82, 2.24) is 10.3 Å². The van der Waals surface area contributed by atoms with E-state index in [4.69, 9.17) is 4.74 Å². The first-order valence-corrected chi connectivity index (χ1v) is 5.84. The van der Waals surface area contributed by atoms with Crippen LogP contribution in [-0.4, -0.2) is 43.4 Å². The number of aryl methyl sites for hydroxylation is 1. The van der Waals surface area contributed by atoms with Crippen LogP contribution >= 0.6 is 0 Å². The Labute approximate surface area is 95.6 Å². The summed E-state index contributed by atoms with van der Waals surface area (Å²) >= 11 is 0. The Balaban J connectivity index is 1.77. The first-order valence-electron chi connectivity index (χ1n) is 5.84. The molecule has 2 atom stereocenters. The molecule has 0 bridgehead atoms. The second kappa shape index (κ2) is 4.03. The number of aromatic nitrogens is 1. The van der Waals surface area contributed by atoms with Gasteiger partial charge in [0.2, 0.25) is 0 Å². The third-order valence-corrected chi connectivity index (χ3v) is 3.33. The molecular formula is C12H17N3O. The van der Waals surface area contributed by atoms with Gasteiger partial charge >= 0.3 is 0 Å². The van der Waals surface area contributed by atoms with E-state index < -0.39 is 0 Å². The maximum atomic E-state index is 5.76. The molecule has 2 aliphatic rings. The largest absolute Gasteiger partial charge is 0.373 e. The molecule has 3 heterocycles. The van der Waals surface area contributed by atoms with Crippen LogP contribution < -0.4 is 10.2 Å². The van der Waals surface area contributed by atoms with Gasteiger partial charge in [-0.25, -0.2) is 0 Å². The van der Waals surface area contributed by atoms with Crippen LogP contribution in [-0.2, 0) is 4.74 Å². The second-order valence-corrected chi connectivity index (χ2v) is 4.60. The molecule has 4 nitrogen and oxygen atoms in total. The summed E-state index contributed by atoms with van der Waals surface area (Å²) in [5, 5.41) is 3.51. The molecule has 3 rings (SSSR count). The number of ether oxygens (including phenoxy) is 1. The van der Waals surface area contributed by atoms with Crippen LogP contribution in [0.2, 0.25) is 0 Å². The molecule has 1 aromatic rings. The molecule has 2 aliphatic heterocycles. The number of pyridine rings is 1. The Morgan fingerprint density at radius 1 is 1.44 bits per heavy atom. The molecule has 2 saturated heterocycles. The van der Waals surface area contributed by atoms with Gasteiger partial charge in [-0.15, -0.1) is 0 Å². The van der Waals surface area contributed by atoms with Crippen molar-refractivity contribution in [3.8, 4) is 0 Å². The van der Waals surface area contributed by atoms with Gasteiger partial charge in [-0.05, 0) is 18.6 Å². The van der Waals surface area contributed by atoms with Crippen molar-refractivity contribution in [3.63, 3.8) is 0 Å². The summed E-state index contributed by atoms with van der Waals surface area (Å²) in [5.74, 6) is 0. The minimum absolute atomic E-state index is 0.342. The summed E-state index contributed by atoms with van der Waals surface area (Å²) < 4.78 is 5.76. The second-order valence-electron chi connectivity index (χ2n) is 4.60.